The lowest BCUT2D eigenvalue weighted by Gasteiger charge is -2.34. The molecule has 0 heterocycles. The van der Waals surface area contributed by atoms with Crippen molar-refractivity contribution in [3.05, 3.63) is 35.4 Å². The van der Waals surface area contributed by atoms with Crippen LogP contribution in [0.3, 0.4) is 0 Å². The molecule has 0 aliphatic rings. The molecule has 1 aromatic carbocycles. The molecule has 0 radical (unpaired) electrons. The van der Waals surface area contributed by atoms with Crippen LogP contribution in [-0.4, -0.2) is 36.9 Å². The highest BCUT2D eigenvalue weighted by Crippen LogP contribution is 2.61. The standard InChI is InChI=1S/C15H22NO7P/c1-14(2,3)23-13(19)15(16,24(20,21-4)22-5)11-8-6-10(7-9-11)12(17)18/h6-9H,16H2,1-5H3,(H,17,18). The summed E-state index contributed by atoms with van der Waals surface area (Å²) < 4.78 is 28.0. The highest BCUT2D eigenvalue weighted by Gasteiger charge is 2.57. The van der Waals surface area contributed by atoms with Gasteiger partial charge in [-0.05, 0) is 38.5 Å². The maximum Gasteiger partial charge on any atom is 0.365 e. The van der Waals surface area contributed by atoms with Gasteiger partial charge in [-0.15, -0.1) is 0 Å². The van der Waals surface area contributed by atoms with Crippen LogP contribution in [0.1, 0.15) is 36.7 Å². The molecule has 0 bridgehead atoms. The molecular weight excluding hydrogens is 337 g/mol. The van der Waals surface area contributed by atoms with Gasteiger partial charge in [-0.2, -0.15) is 0 Å². The van der Waals surface area contributed by atoms with Gasteiger partial charge in [0.15, 0.2) is 0 Å². The molecule has 0 aromatic heterocycles. The molecule has 0 aliphatic carbocycles. The summed E-state index contributed by atoms with van der Waals surface area (Å²) in [5.41, 5.74) is 5.30. The van der Waals surface area contributed by atoms with Crippen LogP contribution in [0.15, 0.2) is 24.3 Å². The molecule has 0 amide bonds. The minimum Gasteiger partial charge on any atom is -0.478 e. The van der Waals surface area contributed by atoms with Crippen molar-refractivity contribution in [3.8, 4) is 0 Å². The van der Waals surface area contributed by atoms with Crippen molar-refractivity contribution in [2.24, 2.45) is 5.73 Å². The van der Waals surface area contributed by atoms with Crippen molar-refractivity contribution in [3.63, 3.8) is 0 Å². The molecule has 0 saturated heterocycles. The Morgan fingerprint density at radius 3 is 1.88 bits per heavy atom. The minimum absolute atomic E-state index is 0.0186. The molecule has 1 atom stereocenters. The zero-order chi connectivity index (χ0) is 18.8. The Morgan fingerprint density at radius 1 is 1.08 bits per heavy atom. The first kappa shape index (κ1) is 20.3. The predicted octanol–water partition coefficient (Wildman–Crippen LogP) is 2.32. The monoisotopic (exact) mass is 359 g/mol. The van der Waals surface area contributed by atoms with E-state index in [1.807, 2.05) is 0 Å². The van der Waals surface area contributed by atoms with Gasteiger partial charge in [-0.1, -0.05) is 12.1 Å². The van der Waals surface area contributed by atoms with E-state index < -0.39 is 30.4 Å². The number of carbonyl (C=O) groups excluding carboxylic acids is 1. The summed E-state index contributed by atoms with van der Waals surface area (Å²) in [6, 6.07) is 5.02. The Labute approximate surface area is 140 Å². The number of hydrogen-bond acceptors (Lipinski definition) is 7. The van der Waals surface area contributed by atoms with Crippen molar-refractivity contribution in [1.82, 2.24) is 0 Å². The highest BCUT2D eigenvalue weighted by atomic mass is 31.2. The van der Waals surface area contributed by atoms with Crippen LogP contribution >= 0.6 is 7.60 Å². The average Bonchev–Trinajstić information content (AvgIpc) is 2.51. The number of hydrogen-bond donors (Lipinski definition) is 2. The zero-order valence-electron chi connectivity index (χ0n) is 14.2. The summed E-state index contributed by atoms with van der Waals surface area (Å²) in [6.45, 7) is 4.89. The van der Waals surface area contributed by atoms with Crippen LogP contribution in [0.4, 0.5) is 0 Å². The molecule has 1 rings (SSSR count). The van der Waals surface area contributed by atoms with Crippen molar-refractivity contribution in [2.75, 3.05) is 14.2 Å². The van der Waals surface area contributed by atoms with Crippen LogP contribution in [-0.2, 0) is 28.4 Å². The van der Waals surface area contributed by atoms with Crippen molar-refractivity contribution < 1.29 is 33.0 Å². The fourth-order valence-corrected chi connectivity index (χ4v) is 3.43. The molecule has 1 aromatic rings. The van der Waals surface area contributed by atoms with Crippen LogP contribution in [0, 0.1) is 0 Å². The van der Waals surface area contributed by atoms with Gasteiger partial charge >= 0.3 is 19.5 Å². The lowest BCUT2D eigenvalue weighted by atomic mass is 10.0. The molecule has 1 unspecified atom stereocenters. The van der Waals surface area contributed by atoms with E-state index in [0.29, 0.717) is 0 Å². The minimum atomic E-state index is -4.15. The maximum atomic E-state index is 12.9. The third-order valence-corrected chi connectivity index (χ3v) is 5.46. The Bertz CT molecular complexity index is 657. The smallest absolute Gasteiger partial charge is 0.365 e. The fourth-order valence-electron chi connectivity index (χ4n) is 1.97. The topological polar surface area (TPSA) is 125 Å². The average molecular weight is 359 g/mol. The van der Waals surface area contributed by atoms with Crippen molar-refractivity contribution >= 4 is 19.5 Å². The molecule has 134 valence electrons. The van der Waals surface area contributed by atoms with Crippen LogP contribution < -0.4 is 5.73 Å². The molecule has 0 fully saturated rings. The predicted molar refractivity (Wildman–Crippen MR) is 86.7 cm³/mol. The Kier molecular flexibility index (Phi) is 5.95. The van der Waals surface area contributed by atoms with Gasteiger partial charge in [0, 0.05) is 14.2 Å². The molecule has 8 nitrogen and oxygen atoms in total. The van der Waals surface area contributed by atoms with E-state index in [4.69, 9.17) is 24.6 Å². The van der Waals surface area contributed by atoms with Crippen LogP contribution in [0.2, 0.25) is 0 Å². The number of esters is 1. The number of rotatable bonds is 6. The first-order valence-electron chi connectivity index (χ1n) is 6.99. The number of ether oxygens (including phenoxy) is 1. The largest absolute Gasteiger partial charge is 0.478 e. The SMILES string of the molecule is COP(=O)(OC)C(N)(C(=O)OC(C)(C)C)c1ccc(C(=O)O)cc1. The maximum absolute atomic E-state index is 12.9. The van der Waals surface area contributed by atoms with Gasteiger partial charge in [0.05, 0.1) is 5.56 Å². The second kappa shape index (κ2) is 7.03. The molecule has 0 spiro atoms. The number of nitrogens with two attached hydrogens (primary N) is 1. The van der Waals surface area contributed by atoms with Crippen LogP contribution in [0.5, 0.6) is 0 Å². The fraction of sp³-hybridized carbons (Fsp3) is 0.467. The van der Waals surface area contributed by atoms with Gasteiger partial charge in [0.2, 0.25) is 5.28 Å². The highest BCUT2D eigenvalue weighted by molar-refractivity contribution is 7.56. The molecular formula is C15H22NO7P. The van der Waals surface area contributed by atoms with Crippen molar-refractivity contribution in [1.29, 1.82) is 0 Å². The zero-order valence-corrected chi connectivity index (χ0v) is 15.1. The number of benzene rings is 1. The summed E-state index contributed by atoms with van der Waals surface area (Å²) in [4.78, 5) is 23.6. The molecule has 9 heteroatoms. The third-order valence-electron chi connectivity index (χ3n) is 3.19. The quantitative estimate of drug-likeness (QED) is 0.585. The summed E-state index contributed by atoms with van der Waals surface area (Å²) in [7, 11) is -1.95. The van der Waals surface area contributed by atoms with Crippen LogP contribution in [0.25, 0.3) is 0 Å². The van der Waals surface area contributed by atoms with E-state index >= 15 is 0 Å². The van der Waals surface area contributed by atoms with E-state index in [2.05, 4.69) is 0 Å². The number of carboxylic acids is 1. The normalized spacial score (nSPS) is 14.8. The van der Waals surface area contributed by atoms with Crippen molar-refractivity contribution in [2.45, 2.75) is 31.7 Å². The lowest BCUT2D eigenvalue weighted by Crippen LogP contribution is -2.48. The van der Waals surface area contributed by atoms with Gasteiger partial charge in [0.1, 0.15) is 5.60 Å². The van der Waals surface area contributed by atoms with Gasteiger partial charge in [0.25, 0.3) is 0 Å². The summed E-state index contributed by atoms with van der Waals surface area (Å²) in [5, 5.41) is 6.72. The Morgan fingerprint density at radius 2 is 1.54 bits per heavy atom. The van der Waals surface area contributed by atoms with E-state index in [1.54, 1.807) is 20.8 Å². The lowest BCUT2D eigenvalue weighted by molar-refractivity contribution is -0.159. The van der Waals surface area contributed by atoms with E-state index in [9.17, 15) is 14.2 Å². The van der Waals surface area contributed by atoms with E-state index in [-0.39, 0.29) is 11.1 Å². The second-order valence-electron chi connectivity index (χ2n) is 6.01. The Balaban J connectivity index is 3.51. The third kappa shape index (κ3) is 3.84. The number of carboxylic acid groups (broad SMARTS) is 1. The molecule has 24 heavy (non-hydrogen) atoms. The van der Waals surface area contributed by atoms with Gasteiger partial charge < -0.3 is 24.6 Å². The van der Waals surface area contributed by atoms with E-state index in [1.165, 1.54) is 24.3 Å². The number of aromatic carboxylic acids is 1. The summed E-state index contributed by atoms with van der Waals surface area (Å²) >= 11 is 0. The van der Waals surface area contributed by atoms with Gasteiger partial charge in [-0.3, -0.25) is 4.57 Å². The number of carbonyl (C=O) groups is 2. The van der Waals surface area contributed by atoms with Gasteiger partial charge in [-0.25, -0.2) is 9.59 Å². The molecule has 3 N–H and O–H groups in total. The molecule has 0 aliphatic heterocycles. The first-order chi connectivity index (χ1) is 10.9. The summed E-state index contributed by atoms with van der Waals surface area (Å²) in [5.74, 6) is -2.16. The second-order valence-corrected chi connectivity index (χ2v) is 8.44. The first-order valence-corrected chi connectivity index (χ1v) is 8.53. The summed E-state index contributed by atoms with van der Waals surface area (Å²) in [6.07, 6.45) is 0. The van der Waals surface area contributed by atoms with E-state index in [0.717, 1.165) is 14.2 Å². The molecule has 0 saturated carbocycles. The Hall–Kier alpha value is -1.73.